The minimum atomic E-state index is 0.761. The van der Waals surface area contributed by atoms with Crippen LogP contribution < -0.4 is 4.74 Å². The fraction of sp³-hybridized carbons (Fsp3) is 0.353. The molecule has 2 rings (SSSR count). The summed E-state index contributed by atoms with van der Waals surface area (Å²) in [6.07, 6.45) is 2.87. The quantitative estimate of drug-likeness (QED) is 0.717. The van der Waals surface area contributed by atoms with Crippen LogP contribution in [0.1, 0.15) is 16.8 Å². The lowest BCUT2D eigenvalue weighted by molar-refractivity contribution is 0.341. The van der Waals surface area contributed by atoms with Crippen molar-refractivity contribution in [3.05, 3.63) is 59.4 Å². The van der Waals surface area contributed by atoms with Gasteiger partial charge in [-0.25, -0.2) is 0 Å². The Morgan fingerprint density at radius 1 is 1.10 bits per heavy atom. The summed E-state index contributed by atoms with van der Waals surface area (Å²) in [4.78, 5) is 4.32. The first-order chi connectivity index (χ1) is 9.75. The smallest absolute Gasteiger partial charge is 0.122 e. The molecule has 0 spiro atoms. The minimum Gasteiger partial charge on any atom is -0.492 e. The van der Waals surface area contributed by atoms with Gasteiger partial charge in [-0.05, 0) is 55.3 Å². The first-order valence-corrected chi connectivity index (χ1v) is 8.09. The van der Waals surface area contributed by atoms with Gasteiger partial charge in [-0.1, -0.05) is 18.2 Å². The fourth-order valence-corrected chi connectivity index (χ4v) is 2.66. The molecule has 0 N–H and O–H groups in total. The molecule has 20 heavy (non-hydrogen) atoms. The van der Waals surface area contributed by atoms with Crippen LogP contribution in [0, 0.1) is 13.8 Å². The summed E-state index contributed by atoms with van der Waals surface area (Å²) in [5.74, 6) is 3.11. The number of benzene rings is 1. The highest BCUT2D eigenvalue weighted by Gasteiger charge is 2.00. The predicted molar refractivity (Wildman–Crippen MR) is 86.7 cm³/mol. The summed E-state index contributed by atoms with van der Waals surface area (Å²) < 4.78 is 5.83. The highest BCUT2D eigenvalue weighted by atomic mass is 32.2. The molecule has 1 aromatic heterocycles. The van der Waals surface area contributed by atoms with E-state index in [1.54, 1.807) is 0 Å². The van der Waals surface area contributed by atoms with Crippen LogP contribution >= 0.6 is 11.8 Å². The molecular weight excluding hydrogens is 266 g/mol. The molecule has 0 aliphatic carbocycles. The Balaban J connectivity index is 1.63. The summed E-state index contributed by atoms with van der Waals surface area (Å²) in [5, 5.41) is 0. The van der Waals surface area contributed by atoms with Gasteiger partial charge in [0.1, 0.15) is 5.75 Å². The van der Waals surface area contributed by atoms with Gasteiger partial charge in [0, 0.05) is 17.6 Å². The number of aryl methyl sites for hydroxylation is 3. The van der Waals surface area contributed by atoms with Crippen LogP contribution in [0.5, 0.6) is 5.75 Å². The molecule has 3 heteroatoms. The lowest BCUT2D eigenvalue weighted by atomic mass is 10.1. The van der Waals surface area contributed by atoms with Crippen molar-refractivity contribution in [1.29, 1.82) is 0 Å². The molecule has 106 valence electrons. The van der Waals surface area contributed by atoms with Gasteiger partial charge >= 0.3 is 0 Å². The molecule has 1 aromatic carbocycles. The molecule has 0 aliphatic heterocycles. The predicted octanol–water partition coefficient (Wildman–Crippen LogP) is 4.05. The number of rotatable bonds is 7. The van der Waals surface area contributed by atoms with E-state index in [9.17, 15) is 0 Å². The van der Waals surface area contributed by atoms with Gasteiger partial charge in [-0.2, -0.15) is 11.8 Å². The molecule has 0 saturated carbocycles. The molecule has 2 nitrogen and oxygen atoms in total. The standard InChI is InChI=1S/C17H21NOS/c1-14-6-7-15(2)17(13-14)19-10-12-20-11-8-16-5-3-4-9-18-16/h3-7,9,13H,8,10-12H2,1-2H3. The van der Waals surface area contributed by atoms with Gasteiger partial charge in [-0.15, -0.1) is 0 Å². The number of hydrogen-bond donors (Lipinski definition) is 0. The Morgan fingerprint density at radius 2 is 2.00 bits per heavy atom. The van der Waals surface area contributed by atoms with E-state index in [0.717, 1.165) is 36.0 Å². The number of aromatic nitrogens is 1. The molecule has 0 aliphatic rings. The van der Waals surface area contributed by atoms with E-state index in [-0.39, 0.29) is 0 Å². The average Bonchev–Trinajstić information content (AvgIpc) is 2.47. The van der Waals surface area contributed by atoms with Crippen molar-refractivity contribution in [3.8, 4) is 5.75 Å². The SMILES string of the molecule is Cc1ccc(C)c(OCCSCCc2ccccn2)c1. The first-order valence-electron chi connectivity index (χ1n) is 6.93. The zero-order valence-corrected chi connectivity index (χ0v) is 13.0. The van der Waals surface area contributed by atoms with Crippen LogP contribution in [0.2, 0.25) is 0 Å². The zero-order valence-electron chi connectivity index (χ0n) is 12.1. The lowest BCUT2D eigenvalue weighted by Crippen LogP contribution is -2.03. The second-order valence-corrected chi connectivity index (χ2v) is 6.03. The summed E-state index contributed by atoms with van der Waals surface area (Å²) >= 11 is 1.91. The van der Waals surface area contributed by atoms with Crippen LogP contribution in [0.15, 0.2) is 42.6 Å². The molecule has 2 aromatic rings. The molecule has 0 atom stereocenters. The molecule has 0 saturated heterocycles. The van der Waals surface area contributed by atoms with Crippen LogP contribution in [0.4, 0.5) is 0 Å². The maximum absolute atomic E-state index is 5.83. The van der Waals surface area contributed by atoms with Crippen molar-refractivity contribution in [3.63, 3.8) is 0 Å². The third-order valence-corrected chi connectivity index (χ3v) is 4.01. The molecule has 0 unspecified atom stereocenters. The molecule has 0 amide bonds. The Labute approximate surface area is 125 Å². The van der Waals surface area contributed by atoms with Gasteiger partial charge in [0.25, 0.3) is 0 Å². The van der Waals surface area contributed by atoms with Crippen molar-refractivity contribution in [2.45, 2.75) is 20.3 Å². The minimum absolute atomic E-state index is 0.761. The van der Waals surface area contributed by atoms with Crippen LogP contribution in [0.25, 0.3) is 0 Å². The van der Waals surface area contributed by atoms with E-state index in [0.29, 0.717) is 0 Å². The Hall–Kier alpha value is -1.48. The van der Waals surface area contributed by atoms with Crippen molar-refractivity contribution in [1.82, 2.24) is 4.98 Å². The third-order valence-electron chi connectivity index (χ3n) is 3.06. The molecule has 0 bridgehead atoms. The van der Waals surface area contributed by atoms with Crippen molar-refractivity contribution >= 4 is 11.8 Å². The van der Waals surface area contributed by atoms with Crippen LogP contribution in [-0.2, 0) is 6.42 Å². The number of nitrogens with zero attached hydrogens (tertiary/aromatic N) is 1. The Kier molecular flexibility index (Phi) is 5.93. The summed E-state index contributed by atoms with van der Waals surface area (Å²) in [6, 6.07) is 12.4. The number of ether oxygens (including phenoxy) is 1. The van der Waals surface area contributed by atoms with Crippen molar-refractivity contribution < 1.29 is 4.74 Å². The van der Waals surface area contributed by atoms with Gasteiger partial charge in [0.15, 0.2) is 0 Å². The normalized spacial score (nSPS) is 10.5. The van der Waals surface area contributed by atoms with Crippen LogP contribution in [0.3, 0.4) is 0 Å². The monoisotopic (exact) mass is 287 g/mol. The molecular formula is C17H21NOS. The maximum Gasteiger partial charge on any atom is 0.122 e. The van der Waals surface area contributed by atoms with Gasteiger partial charge < -0.3 is 4.74 Å². The van der Waals surface area contributed by atoms with Gasteiger partial charge in [0.05, 0.1) is 6.61 Å². The van der Waals surface area contributed by atoms with E-state index in [1.807, 2.05) is 30.1 Å². The average molecular weight is 287 g/mol. The zero-order chi connectivity index (χ0) is 14.2. The highest BCUT2D eigenvalue weighted by molar-refractivity contribution is 7.99. The topological polar surface area (TPSA) is 22.1 Å². The number of thioether (sulfide) groups is 1. The van der Waals surface area contributed by atoms with E-state index in [2.05, 4.69) is 43.1 Å². The number of pyridine rings is 1. The Bertz CT molecular complexity index is 528. The van der Waals surface area contributed by atoms with Crippen molar-refractivity contribution in [2.24, 2.45) is 0 Å². The molecule has 0 fully saturated rings. The van der Waals surface area contributed by atoms with Gasteiger partial charge in [-0.3, -0.25) is 4.98 Å². The van der Waals surface area contributed by atoms with Crippen molar-refractivity contribution in [2.75, 3.05) is 18.1 Å². The van der Waals surface area contributed by atoms with E-state index in [4.69, 9.17) is 4.74 Å². The maximum atomic E-state index is 5.83. The summed E-state index contributed by atoms with van der Waals surface area (Å²) in [6.45, 7) is 4.94. The largest absolute Gasteiger partial charge is 0.492 e. The highest BCUT2D eigenvalue weighted by Crippen LogP contribution is 2.19. The van der Waals surface area contributed by atoms with E-state index in [1.165, 1.54) is 11.1 Å². The van der Waals surface area contributed by atoms with E-state index < -0.39 is 0 Å². The van der Waals surface area contributed by atoms with E-state index >= 15 is 0 Å². The summed E-state index contributed by atoms with van der Waals surface area (Å²) in [7, 11) is 0. The van der Waals surface area contributed by atoms with Gasteiger partial charge in [0.2, 0.25) is 0 Å². The summed E-state index contributed by atoms with van der Waals surface area (Å²) in [5.41, 5.74) is 3.61. The fourth-order valence-electron chi connectivity index (χ4n) is 1.90. The number of hydrogen-bond acceptors (Lipinski definition) is 3. The first kappa shape index (κ1) is 14.9. The second-order valence-electron chi connectivity index (χ2n) is 4.80. The molecule has 1 heterocycles. The van der Waals surface area contributed by atoms with Crippen LogP contribution in [-0.4, -0.2) is 23.1 Å². The third kappa shape index (κ3) is 4.89. The molecule has 0 radical (unpaired) electrons. The second kappa shape index (κ2) is 7.95. The lowest BCUT2D eigenvalue weighted by Gasteiger charge is -2.09. The Morgan fingerprint density at radius 3 is 2.80 bits per heavy atom.